The number of nitrogens with zero attached hydrogens (tertiary/aromatic N) is 2. The molecular formula is C16H12ClN3O3S. The highest BCUT2D eigenvalue weighted by molar-refractivity contribution is 7.13. The predicted molar refractivity (Wildman–Crippen MR) is 92.5 cm³/mol. The zero-order valence-electron chi connectivity index (χ0n) is 12.3. The van der Waals surface area contributed by atoms with Crippen molar-refractivity contribution in [1.82, 2.24) is 9.71 Å². The van der Waals surface area contributed by atoms with Crippen molar-refractivity contribution in [1.29, 1.82) is 0 Å². The maximum absolute atomic E-state index is 12.4. The Bertz CT molecular complexity index is 909. The van der Waals surface area contributed by atoms with Crippen LogP contribution >= 0.6 is 22.9 Å². The van der Waals surface area contributed by atoms with E-state index in [0.29, 0.717) is 10.2 Å². The maximum Gasteiger partial charge on any atom is 0.295 e. The normalized spacial score (nSPS) is 10.4. The highest BCUT2D eigenvalue weighted by Crippen LogP contribution is 2.12. The number of nitrogens with one attached hydrogen (secondary N) is 1. The van der Waals surface area contributed by atoms with Crippen LogP contribution in [0.2, 0.25) is 5.02 Å². The van der Waals surface area contributed by atoms with Crippen LogP contribution in [0.25, 0.3) is 0 Å². The molecular weight excluding hydrogens is 350 g/mol. The quantitative estimate of drug-likeness (QED) is 0.758. The van der Waals surface area contributed by atoms with Crippen molar-refractivity contribution >= 4 is 34.0 Å². The molecule has 2 aromatic heterocycles. The number of hydrogen-bond donors (Lipinski definition) is 1. The summed E-state index contributed by atoms with van der Waals surface area (Å²) in [6.45, 7) is 0.151. The van der Waals surface area contributed by atoms with Crippen molar-refractivity contribution in [2.45, 2.75) is 6.61 Å². The summed E-state index contributed by atoms with van der Waals surface area (Å²) >= 11 is 7.18. The molecule has 0 atom stereocenters. The molecule has 0 aliphatic carbocycles. The lowest BCUT2D eigenvalue weighted by Crippen LogP contribution is -2.32. The van der Waals surface area contributed by atoms with Crippen LogP contribution < -0.4 is 15.7 Å². The molecule has 0 aliphatic heterocycles. The first-order valence-electron chi connectivity index (χ1n) is 6.94. The van der Waals surface area contributed by atoms with Crippen LogP contribution in [0.15, 0.2) is 59.0 Å². The second-order valence-electron chi connectivity index (χ2n) is 4.75. The summed E-state index contributed by atoms with van der Waals surface area (Å²) in [6.07, 6.45) is 3.02. The minimum atomic E-state index is -0.548. The smallest absolute Gasteiger partial charge is 0.295 e. The van der Waals surface area contributed by atoms with E-state index in [1.54, 1.807) is 35.8 Å². The number of pyridine rings is 1. The van der Waals surface area contributed by atoms with Gasteiger partial charge in [-0.2, -0.15) is 4.73 Å². The zero-order chi connectivity index (χ0) is 16.9. The fraction of sp³-hybridized carbons (Fsp3) is 0.0625. The van der Waals surface area contributed by atoms with Gasteiger partial charge in [-0.25, -0.2) is 4.98 Å². The molecule has 1 amide bonds. The Labute approximate surface area is 146 Å². The van der Waals surface area contributed by atoms with Crippen molar-refractivity contribution in [2.24, 2.45) is 0 Å². The molecule has 0 unspecified atom stereocenters. The number of hydrogen-bond acceptors (Lipinski definition) is 5. The summed E-state index contributed by atoms with van der Waals surface area (Å²) in [7, 11) is 0. The number of carbonyl (C=O) groups is 1. The van der Waals surface area contributed by atoms with Gasteiger partial charge in [0.05, 0.1) is 0 Å². The molecule has 0 saturated heterocycles. The van der Waals surface area contributed by atoms with Crippen LogP contribution in [-0.4, -0.2) is 15.6 Å². The van der Waals surface area contributed by atoms with Gasteiger partial charge in [0.1, 0.15) is 12.2 Å². The first kappa shape index (κ1) is 16.2. The average Bonchev–Trinajstić information content (AvgIpc) is 3.07. The molecule has 0 saturated carbocycles. The topological polar surface area (TPSA) is 73.2 Å². The molecule has 3 aromatic rings. The number of thiazole rings is 1. The molecule has 0 radical (unpaired) electrons. The third-order valence-electron chi connectivity index (χ3n) is 3.07. The van der Waals surface area contributed by atoms with Gasteiger partial charge in [-0.1, -0.05) is 23.7 Å². The van der Waals surface area contributed by atoms with Gasteiger partial charge in [-0.05, 0) is 29.8 Å². The summed E-state index contributed by atoms with van der Waals surface area (Å²) in [6, 6.07) is 10.1. The number of aromatic nitrogens is 2. The zero-order valence-corrected chi connectivity index (χ0v) is 13.9. The van der Waals surface area contributed by atoms with Crippen LogP contribution in [0.4, 0.5) is 5.13 Å². The van der Waals surface area contributed by atoms with Crippen LogP contribution in [0.5, 0.6) is 0 Å². The number of benzene rings is 1. The summed E-state index contributed by atoms with van der Waals surface area (Å²) < 4.78 is 1.03. The Hall–Kier alpha value is -2.64. The van der Waals surface area contributed by atoms with E-state index in [0.717, 1.165) is 10.3 Å². The van der Waals surface area contributed by atoms with Crippen LogP contribution in [0.3, 0.4) is 0 Å². The fourth-order valence-corrected chi connectivity index (χ4v) is 2.71. The Morgan fingerprint density at radius 3 is 2.96 bits per heavy atom. The number of amides is 1. The minimum absolute atomic E-state index is 0.0289. The molecule has 0 spiro atoms. The number of rotatable bonds is 5. The van der Waals surface area contributed by atoms with E-state index >= 15 is 0 Å². The van der Waals surface area contributed by atoms with E-state index in [1.165, 1.54) is 23.6 Å². The molecule has 24 heavy (non-hydrogen) atoms. The average molecular weight is 362 g/mol. The largest absolute Gasteiger partial charge is 0.406 e. The van der Waals surface area contributed by atoms with E-state index in [2.05, 4.69) is 10.3 Å². The van der Waals surface area contributed by atoms with Crippen molar-refractivity contribution in [3.05, 3.63) is 80.7 Å². The summed E-state index contributed by atoms with van der Waals surface area (Å²) in [4.78, 5) is 33.9. The standard InChI is InChI=1S/C16H12ClN3O3S/c17-12-4-1-3-11(9-12)10-23-20-7-2-5-13(15(20)22)14(21)19-16-18-6-8-24-16/h1-9H,10H2,(H,18,19,21). The first-order chi connectivity index (χ1) is 11.6. The SMILES string of the molecule is O=C(Nc1nccs1)c1cccn(OCc2cccc(Cl)c2)c1=O. The van der Waals surface area contributed by atoms with E-state index in [9.17, 15) is 9.59 Å². The third-order valence-corrected chi connectivity index (χ3v) is 4.00. The lowest BCUT2D eigenvalue weighted by atomic mass is 10.2. The second-order valence-corrected chi connectivity index (χ2v) is 6.08. The van der Waals surface area contributed by atoms with Gasteiger partial charge in [-0.15, -0.1) is 11.3 Å². The van der Waals surface area contributed by atoms with Crippen LogP contribution in [-0.2, 0) is 6.61 Å². The van der Waals surface area contributed by atoms with Crippen molar-refractivity contribution < 1.29 is 9.63 Å². The molecule has 6 nitrogen and oxygen atoms in total. The minimum Gasteiger partial charge on any atom is -0.406 e. The predicted octanol–water partition coefficient (Wildman–Crippen LogP) is 2.84. The number of halogens is 1. The molecule has 8 heteroatoms. The van der Waals surface area contributed by atoms with Gasteiger partial charge in [0.25, 0.3) is 11.5 Å². The lowest BCUT2D eigenvalue weighted by molar-refractivity contribution is 0.0863. The fourth-order valence-electron chi connectivity index (χ4n) is 1.97. The molecule has 1 aromatic carbocycles. The van der Waals surface area contributed by atoms with Crippen molar-refractivity contribution in [2.75, 3.05) is 5.32 Å². The van der Waals surface area contributed by atoms with Gasteiger partial charge in [0, 0.05) is 22.8 Å². The first-order valence-corrected chi connectivity index (χ1v) is 8.19. The summed E-state index contributed by atoms with van der Waals surface area (Å²) in [5, 5.41) is 5.31. The number of carbonyl (C=O) groups excluding carboxylic acids is 1. The highest BCUT2D eigenvalue weighted by atomic mass is 35.5. The molecule has 122 valence electrons. The summed E-state index contributed by atoms with van der Waals surface area (Å²) in [5.74, 6) is -0.532. The van der Waals surface area contributed by atoms with E-state index in [-0.39, 0.29) is 12.2 Å². The van der Waals surface area contributed by atoms with Crippen molar-refractivity contribution in [3.8, 4) is 0 Å². The highest BCUT2D eigenvalue weighted by Gasteiger charge is 2.14. The van der Waals surface area contributed by atoms with Crippen LogP contribution in [0, 0.1) is 0 Å². The number of anilines is 1. The maximum atomic E-state index is 12.4. The van der Waals surface area contributed by atoms with E-state index in [4.69, 9.17) is 16.4 Å². The Kier molecular flexibility index (Phi) is 4.93. The van der Waals surface area contributed by atoms with Gasteiger partial charge >= 0.3 is 0 Å². The van der Waals surface area contributed by atoms with Gasteiger partial charge in [0.15, 0.2) is 5.13 Å². The third kappa shape index (κ3) is 3.81. The molecule has 0 aliphatic rings. The van der Waals surface area contributed by atoms with Crippen LogP contribution in [0.1, 0.15) is 15.9 Å². The van der Waals surface area contributed by atoms with Gasteiger partial charge < -0.3 is 4.84 Å². The van der Waals surface area contributed by atoms with Crippen molar-refractivity contribution in [3.63, 3.8) is 0 Å². The second kappa shape index (κ2) is 7.29. The molecule has 0 fully saturated rings. The monoisotopic (exact) mass is 361 g/mol. The lowest BCUT2D eigenvalue weighted by Gasteiger charge is -2.10. The van der Waals surface area contributed by atoms with E-state index in [1.807, 2.05) is 6.07 Å². The molecule has 1 N–H and O–H groups in total. The van der Waals surface area contributed by atoms with Gasteiger partial charge in [-0.3, -0.25) is 14.9 Å². The molecule has 2 heterocycles. The molecule has 0 bridgehead atoms. The van der Waals surface area contributed by atoms with Gasteiger partial charge in [0.2, 0.25) is 0 Å². The Balaban J connectivity index is 1.75. The Morgan fingerprint density at radius 1 is 1.33 bits per heavy atom. The molecule has 3 rings (SSSR count). The summed E-state index contributed by atoms with van der Waals surface area (Å²) in [5.41, 5.74) is 0.236. The van der Waals surface area contributed by atoms with E-state index < -0.39 is 11.5 Å². The Morgan fingerprint density at radius 2 is 2.21 bits per heavy atom.